The molecule has 4 rings (SSSR count). The molecular formula is C26H32ClN3O5. The maximum atomic E-state index is 13.4. The molecule has 1 aliphatic heterocycles. The van der Waals surface area contributed by atoms with Crippen LogP contribution in [0.2, 0.25) is 5.02 Å². The SMILES string of the molecule is CC(=O)OCC1CN(C(=O)c2ccc3c(Cl)c4c(nc3c2)CCCC4)CCN1C(=O)OC(C)(C)C. The highest BCUT2D eigenvalue weighted by Gasteiger charge is 2.36. The third-order valence-electron chi connectivity index (χ3n) is 6.32. The van der Waals surface area contributed by atoms with Crippen molar-refractivity contribution in [3.63, 3.8) is 0 Å². The van der Waals surface area contributed by atoms with Gasteiger partial charge in [0.1, 0.15) is 12.2 Å². The number of carbonyl (C=O) groups excluding carboxylic acids is 3. The van der Waals surface area contributed by atoms with E-state index in [0.717, 1.165) is 47.3 Å². The highest BCUT2D eigenvalue weighted by molar-refractivity contribution is 6.36. The minimum absolute atomic E-state index is 0.0145. The zero-order valence-electron chi connectivity index (χ0n) is 20.7. The number of hydrogen-bond acceptors (Lipinski definition) is 6. The van der Waals surface area contributed by atoms with Crippen molar-refractivity contribution in [1.82, 2.24) is 14.8 Å². The van der Waals surface area contributed by atoms with E-state index in [1.54, 1.807) is 37.8 Å². The van der Waals surface area contributed by atoms with E-state index in [1.807, 2.05) is 6.07 Å². The topological polar surface area (TPSA) is 89.0 Å². The molecule has 0 radical (unpaired) electrons. The number of carbonyl (C=O) groups is 3. The van der Waals surface area contributed by atoms with Gasteiger partial charge in [-0.05, 0) is 64.2 Å². The maximum Gasteiger partial charge on any atom is 0.410 e. The van der Waals surface area contributed by atoms with Gasteiger partial charge in [0.05, 0.1) is 16.6 Å². The number of esters is 1. The smallest absolute Gasteiger partial charge is 0.410 e. The summed E-state index contributed by atoms with van der Waals surface area (Å²) >= 11 is 6.68. The molecule has 1 aliphatic carbocycles. The zero-order chi connectivity index (χ0) is 25.3. The Morgan fingerprint density at radius 2 is 1.89 bits per heavy atom. The zero-order valence-corrected chi connectivity index (χ0v) is 21.5. The van der Waals surface area contributed by atoms with Gasteiger partial charge in [-0.25, -0.2) is 4.79 Å². The normalized spacial score (nSPS) is 18.3. The Morgan fingerprint density at radius 1 is 1.14 bits per heavy atom. The Bertz CT molecular complexity index is 1160. The molecule has 35 heavy (non-hydrogen) atoms. The number of piperazine rings is 1. The van der Waals surface area contributed by atoms with Gasteiger partial charge >= 0.3 is 12.1 Å². The molecule has 1 aromatic carbocycles. The van der Waals surface area contributed by atoms with Crippen LogP contribution in [0, 0.1) is 0 Å². The first-order chi connectivity index (χ1) is 16.5. The summed E-state index contributed by atoms with van der Waals surface area (Å²) in [6.45, 7) is 7.52. The maximum absolute atomic E-state index is 13.4. The van der Waals surface area contributed by atoms with Gasteiger partial charge in [-0.2, -0.15) is 0 Å². The first kappa shape index (κ1) is 25.2. The first-order valence-corrected chi connectivity index (χ1v) is 12.4. The number of rotatable bonds is 3. The van der Waals surface area contributed by atoms with Crippen LogP contribution in [0.25, 0.3) is 10.9 Å². The van der Waals surface area contributed by atoms with Crippen LogP contribution in [-0.4, -0.2) is 70.6 Å². The third kappa shape index (κ3) is 5.69. The number of pyridine rings is 1. The highest BCUT2D eigenvalue weighted by atomic mass is 35.5. The molecule has 1 fully saturated rings. The number of fused-ring (bicyclic) bond motifs is 2. The van der Waals surface area contributed by atoms with Crippen molar-refractivity contribution in [2.45, 2.75) is 65.0 Å². The molecule has 1 atom stereocenters. The first-order valence-electron chi connectivity index (χ1n) is 12.1. The Morgan fingerprint density at radius 3 is 2.60 bits per heavy atom. The number of benzene rings is 1. The van der Waals surface area contributed by atoms with Gasteiger partial charge in [-0.3, -0.25) is 19.5 Å². The summed E-state index contributed by atoms with van der Waals surface area (Å²) in [4.78, 5) is 45.6. The molecule has 188 valence electrons. The molecule has 0 N–H and O–H groups in total. The minimum Gasteiger partial charge on any atom is -0.464 e. The molecule has 0 spiro atoms. The highest BCUT2D eigenvalue weighted by Crippen LogP contribution is 2.33. The van der Waals surface area contributed by atoms with E-state index in [1.165, 1.54) is 11.8 Å². The predicted octanol–water partition coefficient (Wildman–Crippen LogP) is 4.39. The monoisotopic (exact) mass is 501 g/mol. The molecule has 1 aromatic heterocycles. The third-order valence-corrected chi connectivity index (χ3v) is 6.75. The second kappa shape index (κ2) is 10.0. The number of nitrogens with zero attached hydrogens (tertiary/aromatic N) is 3. The van der Waals surface area contributed by atoms with Crippen LogP contribution in [0.1, 0.15) is 62.2 Å². The fraction of sp³-hybridized carbons (Fsp3) is 0.538. The molecule has 1 unspecified atom stereocenters. The van der Waals surface area contributed by atoms with Crippen molar-refractivity contribution >= 4 is 40.5 Å². The van der Waals surface area contributed by atoms with Crippen LogP contribution in [0.5, 0.6) is 0 Å². The summed E-state index contributed by atoms with van der Waals surface area (Å²) in [7, 11) is 0. The van der Waals surface area contributed by atoms with E-state index >= 15 is 0 Å². The Labute approximate surface area is 210 Å². The molecule has 2 aliphatic rings. The molecule has 1 saturated heterocycles. The molecule has 8 nitrogen and oxygen atoms in total. The molecular weight excluding hydrogens is 470 g/mol. The van der Waals surface area contributed by atoms with Gasteiger partial charge < -0.3 is 14.4 Å². The van der Waals surface area contributed by atoms with E-state index in [4.69, 9.17) is 26.1 Å². The molecule has 0 saturated carbocycles. The fourth-order valence-corrected chi connectivity index (χ4v) is 5.00. The van der Waals surface area contributed by atoms with Crippen LogP contribution < -0.4 is 0 Å². The summed E-state index contributed by atoms with van der Waals surface area (Å²) in [5, 5.41) is 1.59. The van der Waals surface area contributed by atoms with Crippen LogP contribution >= 0.6 is 11.6 Å². The molecule has 0 bridgehead atoms. The van der Waals surface area contributed by atoms with Crippen molar-refractivity contribution in [3.05, 3.63) is 40.0 Å². The van der Waals surface area contributed by atoms with Crippen LogP contribution in [0.4, 0.5) is 4.79 Å². The van der Waals surface area contributed by atoms with Crippen LogP contribution in [0.3, 0.4) is 0 Å². The van der Waals surface area contributed by atoms with Gasteiger partial charge in [0.25, 0.3) is 5.91 Å². The van der Waals surface area contributed by atoms with E-state index in [-0.39, 0.29) is 25.6 Å². The lowest BCUT2D eigenvalue weighted by Crippen LogP contribution is -2.59. The Hall–Kier alpha value is -2.87. The fourth-order valence-electron chi connectivity index (χ4n) is 4.64. The van der Waals surface area contributed by atoms with Gasteiger partial charge in [0.15, 0.2) is 0 Å². The van der Waals surface area contributed by atoms with Gasteiger partial charge in [-0.15, -0.1) is 0 Å². The second-order valence-electron chi connectivity index (χ2n) is 10.2. The largest absolute Gasteiger partial charge is 0.464 e. The molecule has 2 amide bonds. The lowest BCUT2D eigenvalue weighted by Gasteiger charge is -2.41. The van der Waals surface area contributed by atoms with E-state index < -0.39 is 23.7 Å². The quantitative estimate of drug-likeness (QED) is 0.579. The summed E-state index contributed by atoms with van der Waals surface area (Å²) in [6, 6.07) is 4.92. The molecule has 2 heterocycles. The Balaban J connectivity index is 1.55. The Kier molecular flexibility index (Phi) is 7.22. The van der Waals surface area contributed by atoms with Gasteiger partial charge in [0.2, 0.25) is 0 Å². The van der Waals surface area contributed by atoms with Crippen molar-refractivity contribution in [1.29, 1.82) is 0 Å². The summed E-state index contributed by atoms with van der Waals surface area (Å²) in [5.41, 5.74) is 2.70. The lowest BCUT2D eigenvalue weighted by molar-refractivity contribution is -0.143. The summed E-state index contributed by atoms with van der Waals surface area (Å²) in [6.07, 6.45) is 3.54. The van der Waals surface area contributed by atoms with Crippen molar-refractivity contribution < 1.29 is 23.9 Å². The van der Waals surface area contributed by atoms with Crippen molar-refractivity contribution in [3.8, 4) is 0 Å². The van der Waals surface area contributed by atoms with E-state index in [0.29, 0.717) is 17.6 Å². The molecule has 9 heteroatoms. The number of amides is 2. The van der Waals surface area contributed by atoms with Crippen LogP contribution in [0.15, 0.2) is 18.2 Å². The minimum atomic E-state index is -0.658. The lowest BCUT2D eigenvalue weighted by atomic mass is 9.94. The van der Waals surface area contributed by atoms with Gasteiger partial charge in [-0.1, -0.05) is 17.7 Å². The van der Waals surface area contributed by atoms with Crippen LogP contribution in [-0.2, 0) is 27.1 Å². The van der Waals surface area contributed by atoms with E-state index in [9.17, 15) is 14.4 Å². The van der Waals surface area contributed by atoms with E-state index in [2.05, 4.69) is 0 Å². The predicted molar refractivity (Wildman–Crippen MR) is 133 cm³/mol. The van der Waals surface area contributed by atoms with Gasteiger partial charge in [0, 0.05) is 43.2 Å². The average Bonchev–Trinajstić information content (AvgIpc) is 2.80. The number of hydrogen-bond donors (Lipinski definition) is 0. The summed E-state index contributed by atoms with van der Waals surface area (Å²) in [5.74, 6) is -0.613. The molecule has 2 aromatic rings. The van der Waals surface area contributed by atoms with Crippen molar-refractivity contribution in [2.75, 3.05) is 26.2 Å². The average molecular weight is 502 g/mol. The second-order valence-corrected chi connectivity index (χ2v) is 10.5. The number of aromatic nitrogens is 1. The number of aryl methyl sites for hydroxylation is 1. The summed E-state index contributed by atoms with van der Waals surface area (Å²) < 4.78 is 10.7. The number of ether oxygens (including phenoxy) is 2. The number of halogens is 1. The van der Waals surface area contributed by atoms with Crippen molar-refractivity contribution in [2.24, 2.45) is 0 Å². The standard InChI is InChI=1S/C26H32ClN3O5/c1-16(31)34-15-18-14-29(11-12-30(18)25(33)35-26(2,3)4)24(32)17-9-10-20-22(13-17)28-21-8-6-5-7-19(21)23(20)27/h9-10,13,18H,5-8,11-12,14-15H2,1-4H3.